The van der Waals surface area contributed by atoms with Crippen molar-refractivity contribution in [3.8, 4) is 6.07 Å². The second-order valence-corrected chi connectivity index (χ2v) is 6.76. The summed E-state index contributed by atoms with van der Waals surface area (Å²) < 4.78 is 27.0. The lowest BCUT2D eigenvalue weighted by atomic mass is 10.1. The van der Waals surface area contributed by atoms with Crippen LogP contribution in [0.1, 0.15) is 37.8 Å². The highest BCUT2D eigenvalue weighted by Crippen LogP contribution is 2.24. The van der Waals surface area contributed by atoms with Gasteiger partial charge in [0.2, 0.25) is 10.0 Å². The van der Waals surface area contributed by atoms with Gasteiger partial charge in [-0.3, -0.25) is 0 Å². The minimum absolute atomic E-state index is 0.0775. The van der Waals surface area contributed by atoms with Gasteiger partial charge in [-0.2, -0.15) is 9.57 Å². The summed E-state index contributed by atoms with van der Waals surface area (Å²) in [6, 6.07) is 6.39. The number of benzene rings is 1. The van der Waals surface area contributed by atoms with Crippen LogP contribution in [0, 0.1) is 18.3 Å². The molecular formula is C15H22N2O3S. The fraction of sp³-hybridized carbons (Fsp3) is 0.533. The molecule has 0 amide bonds. The van der Waals surface area contributed by atoms with Crippen LogP contribution in [0.25, 0.3) is 0 Å². The number of nitrogens with zero attached hydrogens (tertiary/aromatic N) is 2. The van der Waals surface area contributed by atoms with E-state index in [2.05, 4.69) is 0 Å². The summed E-state index contributed by atoms with van der Waals surface area (Å²) in [5.41, 5.74) is 0.977. The molecule has 5 nitrogen and oxygen atoms in total. The Balaban J connectivity index is 3.32. The Morgan fingerprint density at radius 2 is 1.95 bits per heavy atom. The highest BCUT2D eigenvalue weighted by atomic mass is 32.2. The van der Waals surface area contributed by atoms with Crippen molar-refractivity contribution in [2.24, 2.45) is 0 Å². The van der Waals surface area contributed by atoms with Crippen LogP contribution in [-0.2, 0) is 10.0 Å². The number of sulfonamides is 1. The van der Waals surface area contributed by atoms with Gasteiger partial charge in [-0.25, -0.2) is 8.42 Å². The normalized spacial score (nSPS) is 11.9. The molecule has 1 aromatic rings. The van der Waals surface area contributed by atoms with Crippen LogP contribution in [0.5, 0.6) is 0 Å². The molecule has 0 spiro atoms. The molecule has 0 fully saturated rings. The molecule has 6 heteroatoms. The fourth-order valence-electron chi connectivity index (χ4n) is 2.43. The van der Waals surface area contributed by atoms with E-state index in [1.165, 1.54) is 16.4 Å². The monoisotopic (exact) mass is 310 g/mol. The van der Waals surface area contributed by atoms with Gasteiger partial charge in [0, 0.05) is 12.6 Å². The quantitative estimate of drug-likeness (QED) is 0.835. The van der Waals surface area contributed by atoms with Crippen LogP contribution in [0.3, 0.4) is 0 Å². The summed E-state index contributed by atoms with van der Waals surface area (Å²) in [5.74, 6) is 0. The number of nitriles is 1. The van der Waals surface area contributed by atoms with Crippen molar-refractivity contribution in [2.75, 3.05) is 13.2 Å². The van der Waals surface area contributed by atoms with Crippen molar-refractivity contribution >= 4 is 10.0 Å². The first-order valence-electron chi connectivity index (χ1n) is 7.05. The maximum absolute atomic E-state index is 12.8. The summed E-state index contributed by atoms with van der Waals surface area (Å²) in [7, 11) is -3.68. The molecule has 0 saturated carbocycles. The lowest BCUT2D eigenvalue weighted by Crippen LogP contribution is -2.41. The first-order chi connectivity index (χ1) is 9.92. The summed E-state index contributed by atoms with van der Waals surface area (Å²) in [6.07, 6.45) is 1.37. The highest BCUT2D eigenvalue weighted by molar-refractivity contribution is 7.89. The number of aliphatic hydroxyl groups excluding tert-OH is 1. The third kappa shape index (κ3) is 3.82. The Bertz CT molecular complexity index is 616. The van der Waals surface area contributed by atoms with Crippen LogP contribution in [-0.4, -0.2) is 37.0 Å². The van der Waals surface area contributed by atoms with Crippen LogP contribution in [0.15, 0.2) is 23.1 Å². The maximum atomic E-state index is 12.8. The van der Waals surface area contributed by atoms with E-state index < -0.39 is 10.0 Å². The fourth-order valence-corrected chi connectivity index (χ4v) is 4.40. The van der Waals surface area contributed by atoms with Crippen molar-refractivity contribution in [3.05, 3.63) is 29.3 Å². The molecule has 0 atom stereocenters. The van der Waals surface area contributed by atoms with Crippen molar-refractivity contribution in [1.82, 2.24) is 4.31 Å². The van der Waals surface area contributed by atoms with Crippen molar-refractivity contribution in [1.29, 1.82) is 5.26 Å². The molecule has 1 aromatic carbocycles. The van der Waals surface area contributed by atoms with E-state index >= 15 is 0 Å². The SMILES string of the molecule is CCC(CC)N(CCO)S(=O)(=O)c1ccc(C#N)cc1C. The van der Waals surface area contributed by atoms with E-state index in [0.717, 1.165) is 0 Å². The predicted molar refractivity (Wildman–Crippen MR) is 81.2 cm³/mol. The smallest absolute Gasteiger partial charge is 0.243 e. The van der Waals surface area contributed by atoms with E-state index in [4.69, 9.17) is 5.26 Å². The summed E-state index contributed by atoms with van der Waals surface area (Å²) in [6.45, 7) is 5.40. The molecule has 21 heavy (non-hydrogen) atoms. The summed E-state index contributed by atoms with van der Waals surface area (Å²) in [5, 5.41) is 18.1. The van der Waals surface area contributed by atoms with Crippen molar-refractivity contribution in [3.63, 3.8) is 0 Å². The molecule has 1 rings (SSSR count). The third-order valence-electron chi connectivity index (χ3n) is 3.56. The first-order valence-corrected chi connectivity index (χ1v) is 8.49. The van der Waals surface area contributed by atoms with Gasteiger partial charge in [-0.1, -0.05) is 13.8 Å². The van der Waals surface area contributed by atoms with Gasteiger partial charge in [0.25, 0.3) is 0 Å². The number of aryl methyl sites for hydroxylation is 1. The van der Waals surface area contributed by atoms with Crippen LogP contribution >= 0.6 is 0 Å². The number of hydrogen-bond donors (Lipinski definition) is 1. The van der Waals surface area contributed by atoms with Gasteiger partial charge < -0.3 is 5.11 Å². The van der Waals surface area contributed by atoms with Crippen molar-refractivity contribution in [2.45, 2.75) is 44.6 Å². The molecule has 0 aromatic heterocycles. The Morgan fingerprint density at radius 3 is 2.38 bits per heavy atom. The van der Waals surface area contributed by atoms with E-state index in [1.54, 1.807) is 13.0 Å². The topological polar surface area (TPSA) is 81.4 Å². The van der Waals surface area contributed by atoms with Crippen molar-refractivity contribution < 1.29 is 13.5 Å². The molecule has 0 aliphatic heterocycles. The van der Waals surface area contributed by atoms with Gasteiger partial charge in [0.1, 0.15) is 0 Å². The lowest BCUT2D eigenvalue weighted by Gasteiger charge is -2.29. The number of aliphatic hydroxyl groups is 1. The van der Waals surface area contributed by atoms with Crippen LogP contribution in [0.4, 0.5) is 0 Å². The Morgan fingerprint density at radius 1 is 1.33 bits per heavy atom. The van der Waals surface area contributed by atoms with Gasteiger partial charge >= 0.3 is 0 Å². The third-order valence-corrected chi connectivity index (χ3v) is 5.67. The van der Waals surface area contributed by atoms with Gasteiger partial charge in [-0.15, -0.1) is 0 Å². The summed E-state index contributed by atoms with van der Waals surface area (Å²) >= 11 is 0. The zero-order valence-electron chi connectivity index (χ0n) is 12.7. The van der Waals surface area contributed by atoms with Gasteiger partial charge in [0.05, 0.1) is 23.1 Å². The molecular weight excluding hydrogens is 288 g/mol. The second kappa shape index (κ2) is 7.55. The van der Waals surface area contributed by atoms with Gasteiger partial charge in [-0.05, 0) is 43.5 Å². The predicted octanol–water partition coefficient (Wildman–Crippen LogP) is 2.04. The lowest BCUT2D eigenvalue weighted by molar-refractivity contribution is 0.219. The summed E-state index contributed by atoms with van der Waals surface area (Å²) in [4.78, 5) is 0.196. The molecule has 1 N–H and O–H groups in total. The number of hydrogen-bond acceptors (Lipinski definition) is 4. The Hall–Kier alpha value is -1.42. The molecule has 0 aliphatic rings. The largest absolute Gasteiger partial charge is 0.395 e. The van der Waals surface area contributed by atoms with E-state index in [9.17, 15) is 13.5 Å². The minimum Gasteiger partial charge on any atom is -0.395 e. The Labute approximate surface area is 126 Å². The van der Waals surface area contributed by atoms with E-state index in [1.807, 2.05) is 19.9 Å². The number of rotatable bonds is 7. The molecule has 0 radical (unpaired) electrons. The minimum atomic E-state index is -3.68. The van der Waals surface area contributed by atoms with Crippen LogP contribution < -0.4 is 0 Å². The second-order valence-electron chi connectivity index (χ2n) is 4.90. The zero-order chi connectivity index (χ0) is 16.0. The first kappa shape index (κ1) is 17.6. The highest BCUT2D eigenvalue weighted by Gasteiger charge is 2.30. The average molecular weight is 310 g/mol. The zero-order valence-corrected chi connectivity index (χ0v) is 13.5. The molecule has 116 valence electrons. The molecule has 0 unspecified atom stereocenters. The maximum Gasteiger partial charge on any atom is 0.243 e. The van der Waals surface area contributed by atoms with E-state index in [0.29, 0.717) is 24.0 Å². The van der Waals surface area contributed by atoms with Crippen LogP contribution in [0.2, 0.25) is 0 Å². The molecule has 0 bridgehead atoms. The van der Waals surface area contributed by atoms with Gasteiger partial charge in [0.15, 0.2) is 0 Å². The Kier molecular flexibility index (Phi) is 6.34. The average Bonchev–Trinajstić information content (AvgIpc) is 2.47. The molecule has 0 aliphatic carbocycles. The molecule has 0 heterocycles. The standard InChI is InChI=1S/C15H22N2O3S/c1-4-14(5-2)17(8-9-18)21(19,20)15-7-6-13(11-16)10-12(15)3/h6-7,10,14,18H,4-5,8-9H2,1-3H3. The molecule has 0 saturated heterocycles. The van der Waals surface area contributed by atoms with E-state index in [-0.39, 0.29) is 24.1 Å².